The highest BCUT2D eigenvalue weighted by Crippen LogP contribution is 2.09. The molecule has 0 saturated carbocycles. The van der Waals surface area contributed by atoms with Gasteiger partial charge >= 0.3 is 0 Å². The molecule has 2 aromatic heterocycles. The fourth-order valence-corrected chi connectivity index (χ4v) is 0.963. The van der Waals surface area contributed by atoms with E-state index in [2.05, 4.69) is 25.9 Å². The average Bonchev–Trinajstić information content (AvgIpc) is 2.25. The molecule has 16 heavy (non-hydrogen) atoms. The molecule has 0 atom stereocenters. The minimum absolute atomic E-state index is 0. The lowest BCUT2D eigenvalue weighted by molar-refractivity contribution is 0.577. The zero-order chi connectivity index (χ0) is 11.1. The Hall–Kier alpha value is -1.36. The standard InChI is InChI=1S/C5H3BrFN.C5H4FN.CH4/c6-4-2-1-3-8-5(4)7;6-5-3-1-2-4-7-5;/h1-3H;1-4H;1H4. The van der Waals surface area contributed by atoms with Crippen LogP contribution in [0.25, 0.3) is 0 Å². The van der Waals surface area contributed by atoms with Gasteiger partial charge in [0, 0.05) is 12.4 Å². The first-order valence-corrected chi connectivity index (χ1v) is 4.82. The molecule has 0 bridgehead atoms. The average molecular weight is 289 g/mol. The quantitative estimate of drug-likeness (QED) is 0.689. The van der Waals surface area contributed by atoms with E-state index in [-0.39, 0.29) is 7.43 Å². The minimum Gasteiger partial charge on any atom is -0.228 e. The third kappa shape index (κ3) is 5.50. The van der Waals surface area contributed by atoms with Crippen LogP contribution < -0.4 is 0 Å². The summed E-state index contributed by atoms with van der Waals surface area (Å²) >= 11 is 2.96. The van der Waals surface area contributed by atoms with Crippen molar-refractivity contribution in [2.45, 2.75) is 7.43 Å². The summed E-state index contributed by atoms with van der Waals surface area (Å²) < 4.78 is 24.4. The largest absolute Gasteiger partial charge is 0.228 e. The van der Waals surface area contributed by atoms with Gasteiger partial charge < -0.3 is 0 Å². The summed E-state index contributed by atoms with van der Waals surface area (Å²) in [6.07, 6.45) is 2.81. The molecule has 0 spiro atoms. The van der Waals surface area contributed by atoms with Crippen molar-refractivity contribution in [3.8, 4) is 0 Å². The molecule has 0 radical (unpaired) electrons. The van der Waals surface area contributed by atoms with Crippen LogP contribution in [0.15, 0.2) is 47.2 Å². The normalized spacial score (nSPS) is 8.44. The van der Waals surface area contributed by atoms with E-state index in [1.54, 1.807) is 24.3 Å². The Kier molecular flexibility index (Phi) is 7.20. The van der Waals surface area contributed by atoms with Gasteiger partial charge in [-0.15, -0.1) is 0 Å². The molecule has 2 heterocycles. The molecule has 2 nitrogen and oxygen atoms in total. The summed E-state index contributed by atoms with van der Waals surface area (Å²) in [5, 5.41) is 0. The first-order valence-electron chi connectivity index (χ1n) is 4.02. The van der Waals surface area contributed by atoms with Crippen molar-refractivity contribution in [2.75, 3.05) is 0 Å². The predicted octanol–water partition coefficient (Wildman–Crippen LogP) is 3.84. The number of nitrogens with zero attached hydrogens (tertiary/aromatic N) is 2. The molecule has 2 aromatic rings. The first kappa shape index (κ1) is 14.6. The maximum Gasteiger partial charge on any atom is 0.227 e. The fourth-order valence-electron chi connectivity index (χ4n) is 0.708. The summed E-state index contributed by atoms with van der Waals surface area (Å²) in [5.74, 6) is -0.894. The van der Waals surface area contributed by atoms with Crippen molar-refractivity contribution in [3.63, 3.8) is 0 Å². The summed E-state index contributed by atoms with van der Waals surface area (Å²) in [4.78, 5) is 6.68. The molecule has 2 rings (SSSR count). The Morgan fingerprint density at radius 2 is 1.62 bits per heavy atom. The highest BCUT2D eigenvalue weighted by Gasteiger charge is 1.92. The number of aromatic nitrogens is 2. The SMILES string of the molecule is C.Fc1ccccn1.Fc1ncccc1Br. The van der Waals surface area contributed by atoms with E-state index in [4.69, 9.17) is 0 Å². The molecule has 0 saturated heterocycles. The maximum atomic E-state index is 12.2. The molecule has 0 N–H and O–H groups in total. The van der Waals surface area contributed by atoms with Gasteiger partial charge in [0.1, 0.15) is 0 Å². The van der Waals surface area contributed by atoms with Gasteiger partial charge in [-0.2, -0.15) is 8.78 Å². The van der Waals surface area contributed by atoms with Crippen LogP contribution >= 0.6 is 15.9 Å². The van der Waals surface area contributed by atoms with Gasteiger partial charge in [-0.1, -0.05) is 13.5 Å². The third-order valence-electron chi connectivity index (χ3n) is 1.34. The van der Waals surface area contributed by atoms with E-state index in [1.165, 1.54) is 18.5 Å². The van der Waals surface area contributed by atoms with Crippen LogP contribution in [-0.4, -0.2) is 9.97 Å². The van der Waals surface area contributed by atoms with Crippen LogP contribution in [0.3, 0.4) is 0 Å². The highest BCUT2D eigenvalue weighted by atomic mass is 79.9. The zero-order valence-corrected chi connectivity index (χ0v) is 9.16. The van der Waals surface area contributed by atoms with Crippen molar-refractivity contribution < 1.29 is 8.78 Å². The molecule has 0 aliphatic rings. The van der Waals surface area contributed by atoms with E-state index in [0.29, 0.717) is 4.47 Å². The van der Waals surface area contributed by atoms with E-state index in [9.17, 15) is 8.78 Å². The lowest BCUT2D eigenvalue weighted by atomic mass is 10.5. The lowest BCUT2D eigenvalue weighted by Gasteiger charge is -1.86. The third-order valence-corrected chi connectivity index (χ3v) is 1.93. The molecule has 0 unspecified atom stereocenters. The summed E-state index contributed by atoms with van der Waals surface area (Å²) in [6, 6.07) is 7.83. The Labute approximate surface area is 102 Å². The molecule has 86 valence electrons. The number of hydrogen-bond acceptors (Lipinski definition) is 2. The monoisotopic (exact) mass is 288 g/mol. The van der Waals surface area contributed by atoms with E-state index >= 15 is 0 Å². The Bertz CT molecular complexity index is 389. The summed E-state index contributed by atoms with van der Waals surface area (Å²) in [7, 11) is 0. The highest BCUT2D eigenvalue weighted by molar-refractivity contribution is 9.10. The Morgan fingerprint density at radius 1 is 0.938 bits per heavy atom. The van der Waals surface area contributed by atoms with E-state index < -0.39 is 11.9 Å². The molecule has 5 heteroatoms. The van der Waals surface area contributed by atoms with Gasteiger partial charge in [0.2, 0.25) is 11.9 Å². The minimum atomic E-state index is -0.465. The smallest absolute Gasteiger partial charge is 0.227 e. The van der Waals surface area contributed by atoms with Gasteiger partial charge in [-0.05, 0) is 40.2 Å². The molecule has 0 aliphatic carbocycles. The van der Waals surface area contributed by atoms with Crippen molar-refractivity contribution in [1.29, 1.82) is 0 Å². The second-order valence-corrected chi connectivity index (χ2v) is 3.28. The molecular formula is C11H11BrF2N2. The van der Waals surface area contributed by atoms with Crippen LogP contribution in [0.4, 0.5) is 8.78 Å². The van der Waals surface area contributed by atoms with Crippen molar-refractivity contribution in [3.05, 3.63) is 59.1 Å². The number of rotatable bonds is 0. The number of hydrogen-bond donors (Lipinski definition) is 0. The molecule has 0 aliphatic heterocycles. The van der Waals surface area contributed by atoms with Crippen LogP contribution in [0.1, 0.15) is 7.43 Å². The van der Waals surface area contributed by atoms with Crippen molar-refractivity contribution >= 4 is 15.9 Å². The van der Waals surface area contributed by atoms with Crippen molar-refractivity contribution in [1.82, 2.24) is 9.97 Å². The topological polar surface area (TPSA) is 25.8 Å². The van der Waals surface area contributed by atoms with Crippen LogP contribution in [0, 0.1) is 11.9 Å². The molecular weight excluding hydrogens is 278 g/mol. The lowest BCUT2D eigenvalue weighted by Crippen LogP contribution is -1.79. The fraction of sp³-hybridized carbons (Fsp3) is 0.0909. The second kappa shape index (κ2) is 7.87. The number of halogens is 3. The second-order valence-electron chi connectivity index (χ2n) is 2.43. The van der Waals surface area contributed by atoms with E-state index in [1.807, 2.05) is 0 Å². The van der Waals surface area contributed by atoms with Crippen LogP contribution in [0.2, 0.25) is 0 Å². The maximum absolute atomic E-state index is 12.2. The van der Waals surface area contributed by atoms with Gasteiger partial charge in [0.05, 0.1) is 4.47 Å². The summed E-state index contributed by atoms with van der Waals surface area (Å²) in [6.45, 7) is 0. The van der Waals surface area contributed by atoms with Gasteiger partial charge in [0.25, 0.3) is 0 Å². The summed E-state index contributed by atoms with van der Waals surface area (Å²) in [5.41, 5.74) is 0. The first-order chi connectivity index (χ1) is 7.20. The van der Waals surface area contributed by atoms with Gasteiger partial charge in [-0.3, -0.25) is 0 Å². The van der Waals surface area contributed by atoms with Crippen LogP contribution in [-0.2, 0) is 0 Å². The zero-order valence-electron chi connectivity index (χ0n) is 7.57. The number of pyridine rings is 2. The van der Waals surface area contributed by atoms with Gasteiger partial charge in [-0.25, -0.2) is 9.97 Å². The van der Waals surface area contributed by atoms with E-state index in [0.717, 1.165) is 0 Å². The predicted molar refractivity (Wildman–Crippen MR) is 62.8 cm³/mol. The molecule has 0 aromatic carbocycles. The Morgan fingerprint density at radius 3 is 1.94 bits per heavy atom. The van der Waals surface area contributed by atoms with Gasteiger partial charge in [0.15, 0.2) is 0 Å². The Balaban J connectivity index is 0.000000267. The van der Waals surface area contributed by atoms with Crippen LogP contribution in [0.5, 0.6) is 0 Å². The molecule has 0 amide bonds. The van der Waals surface area contributed by atoms with Crippen molar-refractivity contribution in [2.24, 2.45) is 0 Å². The molecule has 0 fully saturated rings.